The van der Waals surface area contributed by atoms with E-state index in [0.717, 1.165) is 51.6 Å². The maximum absolute atomic E-state index is 12.5. The molecular weight excluding hydrogens is 246 g/mol. The van der Waals surface area contributed by atoms with Crippen LogP contribution in [0.25, 0.3) is 0 Å². The van der Waals surface area contributed by atoms with Crippen LogP contribution in [0, 0.1) is 11.8 Å². The van der Waals surface area contributed by atoms with Gasteiger partial charge in [-0.3, -0.25) is 0 Å². The van der Waals surface area contributed by atoms with E-state index in [0.29, 0.717) is 11.8 Å². The van der Waals surface area contributed by atoms with Crippen LogP contribution in [0.3, 0.4) is 0 Å². The maximum Gasteiger partial charge on any atom is 0.216 e. The molecule has 2 rings (SSSR count). The average Bonchev–Trinajstić information content (AvgIpc) is 2.40. The number of rotatable bonds is 3. The molecule has 0 spiro atoms. The summed E-state index contributed by atoms with van der Waals surface area (Å²) < 4.78 is 26.9. The summed E-state index contributed by atoms with van der Waals surface area (Å²) >= 11 is 0. The second kappa shape index (κ2) is 5.91. The van der Waals surface area contributed by atoms with Gasteiger partial charge in [0.2, 0.25) is 10.0 Å². The molecule has 1 aliphatic carbocycles. The van der Waals surface area contributed by atoms with E-state index in [2.05, 4.69) is 13.8 Å². The van der Waals surface area contributed by atoms with E-state index in [1.54, 1.807) is 4.31 Å². The molecule has 4 heteroatoms. The Morgan fingerprint density at radius 2 is 1.50 bits per heavy atom. The standard InChI is InChI=1S/C14H27NO2S/c1-12(2)13-8-10-15(11-9-13)18(16,17)14-6-4-3-5-7-14/h12-14H,3-11H2,1-2H3. The fraction of sp³-hybridized carbons (Fsp3) is 1.00. The van der Waals surface area contributed by atoms with Crippen LogP contribution in [0.4, 0.5) is 0 Å². The fourth-order valence-electron chi connectivity index (χ4n) is 3.37. The summed E-state index contributed by atoms with van der Waals surface area (Å²) in [4.78, 5) is 0. The van der Waals surface area contributed by atoms with Crippen molar-refractivity contribution >= 4 is 10.0 Å². The molecule has 0 amide bonds. The molecule has 0 N–H and O–H groups in total. The normalized spacial score (nSPS) is 25.7. The predicted molar refractivity (Wildman–Crippen MR) is 74.9 cm³/mol. The van der Waals surface area contributed by atoms with E-state index in [9.17, 15) is 8.42 Å². The Labute approximate surface area is 112 Å². The van der Waals surface area contributed by atoms with E-state index >= 15 is 0 Å². The Hall–Kier alpha value is -0.0900. The maximum atomic E-state index is 12.5. The monoisotopic (exact) mass is 273 g/mol. The summed E-state index contributed by atoms with van der Waals surface area (Å²) in [5, 5.41) is -0.0816. The second-order valence-corrected chi connectivity index (χ2v) is 8.50. The van der Waals surface area contributed by atoms with Gasteiger partial charge in [-0.25, -0.2) is 12.7 Å². The van der Waals surface area contributed by atoms with Crippen LogP contribution in [-0.4, -0.2) is 31.1 Å². The first-order valence-corrected chi connectivity index (χ1v) is 9.01. The lowest BCUT2D eigenvalue weighted by atomic mass is 9.87. The molecule has 0 unspecified atom stereocenters. The number of nitrogens with zero attached hydrogens (tertiary/aromatic N) is 1. The van der Waals surface area contributed by atoms with E-state index in [1.165, 1.54) is 6.42 Å². The highest BCUT2D eigenvalue weighted by Gasteiger charge is 2.35. The SMILES string of the molecule is CC(C)C1CCN(S(=O)(=O)C2CCCCC2)CC1. The smallest absolute Gasteiger partial charge is 0.212 e. The van der Waals surface area contributed by atoms with Crippen molar-refractivity contribution in [3.63, 3.8) is 0 Å². The van der Waals surface area contributed by atoms with Gasteiger partial charge in [0.05, 0.1) is 5.25 Å². The molecule has 0 radical (unpaired) electrons. The van der Waals surface area contributed by atoms with Gasteiger partial charge in [0.25, 0.3) is 0 Å². The van der Waals surface area contributed by atoms with Crippen LogP contribution in [0.5, 0.6) is 0 Å². The highest BCUT2D eigenvalue weighted by molar-refractivity contribution is 7.89. The Balaban J connectivity index is 1.95. The van der Waals surface area contributed by atoms with Crippen molar-refractivity contribution in [1.82, 2.24) is 4.31 Å². The van der Waals surface area contributed by atoms with Gasteiger partial charge < -0.3 is 0 Å². The largest absolute Gasteiger partial charge is 0.216 e. The van der Waals surface area contributed by atoms with Crippen molar-refractivity contribution in [2.24, 2.45) is 11.8 Å². The van der Waals surface area contributed by atoms with Crippen LogP contribution >= 0.6 is 0 Å². The summed E-state index contributed by atoms with van der Waals surface area (Å²) in [5.74, 6) is 1.40. The summed E-state index contributed by atoms with van der Waals surface area (Å²) in [5.41, 5.74) is 0. The van der Waals surface area contributed by atoms with Gasteiger partial charge >= 0.3 is 0 Å². The molecule has 0 aromatic heterocycles. The quantitative estimate of drug-likeness (QED) is 0.792. The zero-order chi connectivity index (χ0) is 13.2. The van der Waals surface area contributed by atoms with Crippen molar-refractivity contribution in [2.75, 3.05) is 13.1 Å². The molecule has 1 saturated heterocycles. The molecular formula is C14H27NO2S. The summed E-state index contributed by atoms with van der Waals surface area (Å²) in [6.45, 7) is 6.00. The minimum absolute atomic E-state index is 0.0816. The average molecular weight is 273 g/mol. The number of sulfonamides is 1. The Bertz CT molecular complexity index is 350. The van der Waals surface area contributed by atoms with Crippen molar-refractivity contribution < 1.29 is 8.42 Å². The molecule has 2 fully saturated rings. The van der Waals surface area contributed by atoms with Gasteiger partial charge in [-0.2, -0.15) is 0 Å². The molecule has 3 nitrogen and oxygen atoms in total. The molecule has 2 aliphatic rings. The van der Waals surface area contributed by atoms with Crippen molar-refractivity contribution in [2.45, 2.75) is 64.0 Å². The molecule has 0 aromatic rings. The minimum atomic E-state index is -3.00. The van der Waals surface area contributed by atoms with Crippen LogP contribution in [-0.2, 0) is 10.0 Å². The first-order valence-electron chi connectivity index (χ1n) is 7.51. The Kier molecular flexibility index (Phi) is 4.70. The predicted octanol–water partition coefficient (Wildman–Crippen LogP) is 3.02. The van der Waals surface area contributed by atoms with E-state index < -0.39 is 10.0 Å². The fourth-order valence-corrected chi connectivity index (χ4v) is 5.44. The van der Waals surface area contributed by atoms with Crippen LogP contribution in [0.15, 0.2) is 0 Å². The molecule has 0 bridgehead atoms. The lowest BCUT2D eigenvalue weighted by molar-refractivity contribution is 0.224. The second-order valence-electron chi connectivity index (χ2n) is 6.29. The van der Waals surface area contributed by atoms with Crippen LogP contribution < -0.4 is 0 Å². The van der Waals surface area contributed by atoms with Crippen LogP contribution in [0.1, 0.15) is 58.8 Å². The molecule has 0 atom stereocenters. The number of piperidine rings is 1. The van der Waals surface area contributed by atoms with E-state index in [-0.39, 0.29) is 5.25 Å². The topological polar surface area (TPSA) is 37.4 Å². The van der Waals surface area contributed by atoms with E-state index in [4.69, 9.17) is 0 Å². The lowest BCUT2D eigenvalue weighted by Crippen LogP contribution is -2.44. The van der Waals surface area contributed by atoms with Gasteiger partial charge in [0.15, 0.2) is 0 Å². The van der Waals surface area contributed by atoms with Gasteiger partial charge in [-0.1, -0.05) is 33.1 Å². The third-order valence-corrected chi connectivity index (χ3v) is 7.17. The highest BCUT2D eigenvalue weighted by Crippen LogP contribution is 2.30. The third-order valence-electron chi connectivity index (χ3n) is 4.77. The van der Waals surface area contributed by atoms with Crippen molar-refractivity contribution in [3.05, 3.63) is 0 Å². The first-order chi connectivity index (χ1) is 8.51. The first kappa shape index (κ1) is 14.3. The molecule has 1 aliphatic heterocycles. The summed E-state index contributed by atoms with van der Waals surface area (Å²) in [6.07, 6.45) is 7.24. The van der Waals surface area contributed by atoms with Crippen molar-refractivity contribution in [1.29, 1.82) is 0 Å². The minimum Gasteiger partial charge on any atom is -0.212 e. The van der Waals surface area contributed by atoms with E-state index in [1.807, 2.05) is 0 Å². The van der Waals surface area contributed by atoms with Gasteiger partial charge in [-0.15, -0.1) is 0 Å². The number of hydrogen-bond donors (Lipinski definition) is 0. The lowest BCUT2D eigenvalue weighted by Gasteiger charge is -2.36. The number of hydrogen-bond acceptors (Lipinski definition) is 2. The molecule has 18 heavy (non-hydrogen) atoms. The summed E-state index contributed by atoms with van der Waals surface area (Å²) in [7, 11) is -3.00. The van der Waals surface area contributed by atoms with Gasteiger partial charge in [0.1, 0.15) is 0 Å². The van der Waals surface area contributed by atoms with Crippen molar-refractivity contribution in [3.8, 4) is 0 Å². The third kappa shape index (κ3) is 3.08. The summed E-state index contributed by atoms with van der Waals surface area (Å²) in [6, 6.07) is 0. The highest BCUT2D eigenvalue weighted by atomic mass is 32.2. The van der Waals surface area contributed by atoms with Crippen LogP contribution in [0.2, 0.25) is 0 Å². The molecule has 1 heterocycles. The molecule has 0 aromatic carbocycles. The Morgan fingerprint density at radius 1 is 0.944 bits per heavy atom. The molecule has 1 saturated carbocycles. The zero-order valence-corrected chi connectivity index (χ0v) is 12.6. The zero-order valence-electron chi connectivity index (χ0n) is 11.8. The molecule has 106 valence electrons. The van der Waals surface area contributed by atoms with Gasteiger partial charge in [0, 0.05) is 13.1 Å². The Morgan fingerprint density at radius 3 is 2.00 bits per heavy atom. The van der Waals surface area contributed by atoms with Gasteiger partial charge in [-0.05, 0) is 37.5 Å².